The number of nitrogens with one attached hydrogen (secondary N) is 1. The molecule has 1 unspecified atom stereocenters. The number of benzene rings is 2. The molecule has 25 heavy (non-hydrogen) atoms. The van der Waals surface area contributed by atoms with Crippen LogP contribution in [0.3, 0.4) is 0 Å². The highest BCUT2D eigenvalue weighted by atomic mass is 35.5. The molecule has 0 amide bonds. The van der Waals surface area contributed by atoms with Crippen LogP contribution in [0.1, 0.15) is 12.5 Å². The molecule has 1 atom stereocenters. The van der Waals surface area contributed by atoms with Crippen molar-refractivity contribution in [2.24, 2.45) is 0 Å². The van der Waals surface area contributed by atoms with Gasteiger partial charge in [0.15, 0.2) is 0 Å². The van der Waals surface area contributed by atoms with E-state index in [1.807, 2.05) is 6.07 Å². The van der Waals surface area contributed by atoms with Gasteiger partial charge in [-0.3, -0.25) is 4.79 Å². The first-order chi connectivity index (χ1) is 12.0. The van der Waals surface area contributed by atoms with Crippen LogP contribution in [0.25, 0.3) is 0 Å². The summed E-state index contributed by atoms with van der Waals surface area (Å²) in [5, 5.41) is 3.41. The summed E-state index contributed by atoms with van der Waals surface area (Å²) < 4.78 is 10.2. The van der Waals surface area contributed by atoms with E-state index in [0.717, 1.165) is 5.56 Å². The summed E-state index contributed by atoms with van der Waals surface area (Å²) in [4.78, 5) is 24.2. The summed E-state index contributed by atoms with van der Waals surface area (Å²) in [7, 11) is 0. The van der Waals surface area contributed by atoms with Crippen LogP contribution in [0.4, 0.5) is 5.69 Å². The highest BCUT2D eigenvalue weighted by Crippen LogP contribution is 2.30. The fourth-order valence-corrected chi connectivity index (χ4v) is 2.57. The summed E-state index contributed by atoms with van der Waals surface area (Å²) in [6.45, 7) is 1.93. The third-order valence-electron chi connectivity index (χ3n) is 3.19. The van der Waals surface area contributed by atoms with Crippen molar-refractivity contribution in [2.75, 3.05) is 11.9 Å². The number of hydrogen-bond donors (Lipinski definition) is 1. The predicted molar refractivity (Wildman–Crippen MR) is 96.7 cm³/mol. The average Bonchev–Trinajstić information content (AvgIpc) is 2.58. The monoisotopic (exact) mass is 381 g/mol. The topological polar surface area (TPSA) is 64.6 Å². The summed E-state index contributed by atoms with van der Waals surface area (Å²) in [5.41, 5.74) is 1.08. The lowest BCUT2D eigenvalue weighted by molar-refractivity contribution is -0.166. The van der Waals surface area contributed by atoms with Gasteiger partial charge in [0.25, 0.3) is 0 Å². The van der Waals surface area contributed by atoms with Crippen LogP contribution in [-0.2, 0) is 25.5 Å². The molecule has 0 saturated carbocycles. The first-order valence-electron chi connectivity index (χ1n) is 7.62. The van der Waals surface area contributed by atoms with E-state index in [4.69, 9.17) is 32.7 Å². The maximum absolute atomic E-state index is 12.2. The van der Waals surface area contributed by atoms with Crippen LogP contribution >= 0.6 is 23.2 Å². The lowest BCUT2D eigenvalue weighted by Gasteiger charge is -2.19. The van der Waals surface area contributed by atoms with Crippen molar-refractivity contribution >= 4 is 40.8 Å². The van der Waals surface area contributed by atoms with Crippen LogP contribution in [0.15, 0.2) is 48.5 Å². The largest absolute Gasteiger partial charge is 0.390 e. The number of carbonyl (C=O) groups is 2. The first-order valence-corrected chi connectivity index (χ1v) is 8.37. The SMILES string of the molecule is CCOC(Nc1c(Cl)cccc1Cl)C(=O)OC(=O)Cc1ccccc1. The Morgan fingerprint density at radius 1 is 1.04 bits per heavy atom. The van der Waals surface area contributed by atoms with Gasteiger partial charge in [0.2, 0.25) is 6.23 Å². The predicted octanol–water partition coefficient (Wildman–Crippen LogP) is 4.08. The van der Waals surface area contributed by atoms with E-state index in [0.29, 0.717) is 15.7 Å². The Balaban J connectivity index is 2.03. The third-order valence-corrected chi connectivity index (χ3v) is 3.82. The summed E-state index contributed by atoms with van der Waals surface area (Å²) in [6.07, 6.45) is -1.22. The third kappa shape index (κ3) is 5.74. The molecule has 0 bridgehead atoms. The zero-order chi connectivity index (χ0) is 18.2. The first kappa shape index (κ1) is 19.2. The van der Waals surface area contributed by atoms with Crippen molar-refractivity contribution in [3.63, 3.8) is 0 Å². The maximum Gasteiger partial charge on any atom is 0.364 e. The molecule has 2 aromatic carbocycles. The molecular formula is C18H17Cl2NO4. The molecule has 2 aromatic rings. The number of anilines is 1. The molecule has 1 N–H and O–H groups in total. The second-order valence-electron chi connectivity index (χ2n) is 5.03. The van der Waals surface area contributed by atoms with Gasteiger partial charge in [-0.25, -0.2) is 4.79 Å². The summed E-state index contributed by atoms with van der Waals surface area (Å²) in [6, 6.07) is 13.9. The normalized spacial score (nSPS) is 11.6. The van der Waals surface area contributed by atoms with Crippen molar-refractivity contribution in [1.29, 1.82) is 0 Å². The molecule has 0 aromatic heterocycles. The number of rotatable bonds is 7. The van der Waals surface area contributed by atoms with Crippen LogP contribution in [0.5, 0.6) is 0 Å². The Morgan fingerprint density at radius 3 is 2.28 bits per heavy atom. The Morgan fingerprint density at radius 2 is 1.68 bits per heavy atom. The molecule has 0 aliphatic carbocycles. The molecular weight excluding hydrogens is 365 g/mol. The Bertz CT molecular complexity index is 717. The highest BCUT2D eigenvalue weighted by Gasteiger charge is 2.25. The Labute approximate surface area is 155 Å². The smallest absolute Gasteiger partial charge is 0.364 e. The summed E-state index contributed by atoms with van der Waals surface area (Å²) in [5.74, 6) is -1.54. The lowest BCUT2D eigenvalue weighted by Crippen LogP contribution is -2.36. The Kier molecular flexibility index (Phi) is 7.25. The molecule has 2 rings (SSSR count). The standard InChI is InChI=1S/C18H17Cl2NO4/c1-2-24-17(21-16-13(19)9-6-10-14(16)20)18(23)25-15(22)11-12-7-4-3-5-8-12/h3-10,17,21H,2,11H2,1H3. The molecule has 0 fully saturated rings. The minimum absolute atomic E-state index is 0.0156. The zero-order valence-electron chi connectivity index (χ0n) is 13.5. The lowest BCUT2D eigenvalue weighted by atomic mass is 10.2. The number of hydrogen-bond acceptors (Lipinski definition) is 5. The fraction of sp³-hybridized carbons (Fsp3) is 0.222. The highest BCUT2D eigenvalue weighted by molar-refractivity contribution is 6.39. The van der Waals surface area contributed by atoms with Gasteiger partial charge >= 0.3 is 11.9 Å². The van der Waals surface area contributed by atoms with E-state index < -0.39 is 18.2 Å². The van der Waals surface area contributed by atoms with Gasteiger partial charge in [0.1, 0.15) is 0 Å². The van der Waals surface area contributed by atoms with E-state index in [1.165, 1.54) is 0 Å². The van der Waals surface area contributed by atoms with Crippen LogP contribution in [0, 0.1) is 0 Å². The second kappa shape index (κ2) is 9.42. The van der Waals surface area contributed by atoms with E-state index in [2.05, 4.69) is 5.32 Å². The van der Waals surface area contributed by atoms with Crippen LogP contribution in [0.2, 0.25) is 10.0 Å². The molecule has 0 heterocycles. The second-order valence-corrected chi connectivity index (χ2v) is 5.85. The van der Waals surface area contributed by atoms with Gasteiger partial charge < -0.3 is 14.8 Å². The minimum atomic E-state index is -1.21. The maximum atomic E-state index is 12.2. The number of para-hydroxylation sites is 1. The van der Waals surface area contributed by atoms with E-state index in [1.54, 1.807) is 49.4 Å². The van der Waals surface area contributed by atoms with Gasteiger partial charge in [-0.15, -0.1) is 0 Å². The molecule has 0 radical (unpaired) electrons. The van der Waals surface area contributed by atoms with Gasteiger partial charge in [-0.1, -0.05) is 59.6 Å². The number of halogens is 2. The van der Waals surface area contributed by atoms with Gasteiger partial charge in [0, 0.05) is 6.61 Å². The van der Waals surface area contributed by atoms with Crippen molar-refractivity contribution < 1.29 is 19.1 Å². The number of carbonyl (C=O) groups excluding carboxylic acids is 2. The quantitative estimate of drug-likeness (QED) is 0.444. The fourth-order valence-electron chi connectivity index (χ4n) is 2.07. The van der Waals surface area contributed by atoms with E-state index in [9.17, 15) is 9.59 Å². The van der Waals surface area contributed by atoms with Crippen molar-refractivity contribution in [2.45, 2.75) is 19.6 Å². The molecule has 132 valence electrons. The van der Waals surface area contributed by atoms with Gasteiger partial charge in [-0.2, -0.15) is 0 Å². The molecule has 0 aliphatic heterocycles. The van der Waals surface area contributed by atoms with Crippen LogP contribution < -0.4 is 5.32 Å². The van der Waals surface area contributed by atoms with E-state index >= 15 is 0 Å². The van der Waals surface area contributed by atoms with Gasteiger partial charge in [0.05, 0.1) is 22.2 Å². The molecule has 0 saturated heterocycles. The van der Waals surface area contributed by atoms with Crippen molar-refractivity contribution in [3.8, 4) is 0 Å². The molecule has 5 nitrogen and oxygen atoms in total. The van der Waals surface area contributed by atoms with Crippen molar-refractivity contribution in [3.05, 3.63) is 64.1 Å². The number of ether oxygens (including phenoxy) is 2. The minimum Gasteiger partial charge on any atom is -0.390 e. The van der Waals surface area contributed by atoms with Gasteiger partial charge in [-0.05, 0) is 24.6 Å². The average molecular weight is 382 g/mol. The molecule has 0 spiro atoms. The molecule has 0 aliphatic rings. The zero-order valence-corrected chi connectivity index (χ0v) is 15.0. The van der Waals surface area contributed by atoms with Crippen LogP contribution in [-0.4, -0.2) is 24.8 Å². The molecule has 7 heteroatoms. The van der Waals surface area contributed by atoms with Crippen molar-refractivity contribution in [1.82, 2.24) is 0 Å². The number of esters is 2. The Hall–Kier alpha value is -2.08. The van der Waals surface area contributed by atoms with E-state index in [-0.39, 0.29) is 13.0 Å². The summed E-state index contributed by atoms with van der Waals surface area (Å²) >= 11 is 12.1.